The van der Waals surface area contributed by atoms with Crippen LogP contribution in [0.1, 0.15) is 25.3 Å². The van der Waals surface area contributed by atoms with Gasteiger partial charge in [-0.15, -0.1) is 0 Å². The van der Waals surface area contributed by atoms with Crippen molar-refractivity contribution < 1.29 is 0 Å². The third-order valence-corrected chi connectivity index (χ3v) is 3.94. The van der Waals surface area contributed by atoms with Crippen LogP contribution in [0.5, 0.6) is 0 Å². The average molecular weight is 250 g/mol. The lowest BCUT2D eigenvalue weighted by molar-refractivity contribution is 0.190. The van der Waals surface area contributed by atoms with Crippen molar-refractivity contribution in [3.05, 3.63) is 18.0 Å². The van der Waals surface area contributed by atoms with E-state index in [4.69, 9.17) is 0 Å². The molecule has 0 aliphatic carbocycles. The molecule has 2 rings (SSSR count). The summed E-state index contributed by atoms with van der Waals surface area (Å²) in [6.07, 6.45) is 7.85. The van der Waals surface area contributed by atoms with Gasteiger partial charge in [-0.05, 0) is 63.5 Å². The fraction of sp³-hybridized carbons (Fsp3) is 0.786. The molecule has 0 saturated carbocycles. The summed E-state index contributed by atoms with van der Waals surface area (Å²) in [7, 11) is 1.97. The van der Waals surface area contributed by atoms with Crippen LogP contribution in [-0.4, -0.2) is 47.4 Å². The van der Waals surface area contributed by atoms with Crippen molar-refractivity contribution in [1.82, 2.24) is 20.0 Å². The van der Waals surface area contributed by atoms with Crippen molar-refractivity contribution >= 4 is 0 Å². The van der Waals surface area contributed by atoms with Crippen LogP contribution in [0.25, 0.3) is 0 Å². The van der Waals surface area contributed by atoms with Gasteiger partial charge < -0.3 is 10.2 Å². The van der Waals surface area contributed by atoms with Gasteiger partial charge in [0.25, 0.3) is 0 Å². The molecular formula is C14H26N4. The molecule has 102 valence electrons. The summed E-state index contributed by atoms with van der Waals surface area (Å²) < 4.78 is 1.87. The zero-order valence-corrected chi connectivity index (χ0v) is 11.7. The second-order valence-corrected chi connectivity index (χ2v) is 5.35. The molecule has 0 bridgehead atoms. The minimum absolute atomic E-state index is 0.877. The molecule has 18 heavy (non-hydrogen) atoms. The highest BCUT2D eigenvalue weighted by Crippen LogP contribution is 2.15. The first-order chi connectivity index (χ1) is 8.78. The van der Waals surface area contributed by atoms with Gasteiger partial charge in [0, 0.05) is 13.2 Å². The first-order valence-corrected chi connectivity index (χ1v) is 7.18. The van der Waals surface area contributed by atoms with E-state index in [9.17, 15) is 0 Å². The summed E-state index contributed by atoms with van der Waals surface area (Å²) in [4.78, 5) is 2.55. The lowest BCUT2D eigenvalue weighted by atomic mass is 9.97. The summed E-state index contributed by atoms with van der Waals surface area (Å²) >= 11 is 0. The fourth-order valence-electron chi connectivity index (χ4n) is 2.65. The SMILES string of the molecule is CCN1CCC(CNCCc2cnn(C)c2)CC1. The minimum atomic E-state index is 0.877. The van der Waals surface area contributed by atoms with Crippen LogP contribution < -0.4 is 5.32 Å². The molecule has 0 unspecified atom stereocenters. The maximum atomic E-state index is 4.19. The van der Waals surface area contributed by atoms with Gasteiger partial charge in [-0.3, -0.25) is 4.68 Å². The molecule has 1 N–H and O–H groups in total. The van der Waals surface area contributed by atoms with E-state index in [-0.39, 0.29) is 0 Å². The van der Waals surface area contributed by atoms with Gasteiger partial charge in [0.1, 0.15) is 0 Å². The van der Waals surface area contributed by atoms with Crippen LogP contribution >= 0.6 is 0 Å². The highest BCUT2D eigenvalue weighted by atomic mass is 15.2. The second kappa shape index (κ2) is 6.90. The minimum Gasteiger partial charge on any atom is -0.316 e. The number of aryl methyl sites for hydroxylation is 1. The Labute approximate surface area is 110 Å². The molecule has 4 nitrogen and oxygen atoms in total. The van der Waals surface area contributed by atoms with Gasteiger partial charge in [-0.2, -0.15) is 5.10 Å². The van der Waals surface area contributed by atoms with Crippen molar-refractivity contribution in [2.24, 2.45) is 13.0 Å². The lowest BCUT2D eigenvalue weighted by Crippen LogP contribution is -2.37. The van der Waals surface area contributed by atoms with E-state index in [1.807, 2.05) is 17.9 Å². The van der Waals surface area contributed by atoms with E-state index in [0.717, 1.165) is 18.9 Å². The Bertz CT molecular complexity index is 339. The summed E-state index contributed by atoms with van der Waals surface area (Å²) in [6.45, 7) is 8.28. The second-order valence-electron chi connectivity index (χ2n) is 5.35. The molecular weight excluding hydrogens is 224 g/mol. The Balaban J connectivity index is 1.56. The fourth-order valence-corrected chi connectivity index (χ4v) is 2.65. The largest absolute Gasteiger partial charge is 0.316 e. The smallest absolute Gasteiger partial charge is 0.0522 e. The van der Waals surface area contributed by atoms with Crippen LogP contribution in [0.15, 0.2) is 12.4 Å². The maximum absolute atomic E-state index is 4.19. The quantitative estimate of drug-likeness (QED) is 0.772. The van der Waals surface area contributed by atoms with E-state index < -0.39 is 0 Å². The summed E-state index contributed by atoms with van der Waals surface area (Å²) in [6, 6.07) is 0. The Hall–Kier alpha value is -0.870. The standard InChI is InChI=1S/C14H26N4/c1-3-18-8-5-13(6-9-18)10-15-7-4-14-11-16-17(2)12-14/h11-13,15H,3-10H2,1-2H3. The summed E-state index contributed by atoms with van der Waals surface area (Å²) in [5, 5.41) is 7.78. The number of nitrogens with zero attached hydrogens (tertiary/aromatic N) is 3. The maximum Gasteiger partial charge on any atom is 0.0522 e. The molecule has 0 spiro atoms. The highest BCUT2D eigenvalue weighted by molar-refractivity contribution is 5.03. The highest BCUT2D eigenvalue weighted by Gasteiger charge is 2.17. The average Bonchev–Trinajstić information content (AvgIpc) is 2.81. The number of hydrogen-bond donors (Lipinski definition) is 1. The normalized spacial score (nSPS) is 18.3. The molecule has 1 aromatic rings. The van der Waals surface area contributed by atoms with Gasteiger partial charge in [-0.1, -0.05) is 6.92 Å². The van der Waals surface area contributed by atoms with Gasteiger partial charge in [0.05, 0.1) is 6.20 Å². The van der Waals surface area contributed by atoms with Crippen LogP contribution in [0.4, 0.5) is 0 Å². The monoisotopic (exact) mass is 250 g/mol. The number of piperidine rings is 1. The molecule has 1 aromatic heterocycles. The predicted molar refractivity (Wildman–Crippen MR) is 74.6 cm³/mol. The van der Waals surface area contributed by atoms with Gasteiger partial charge in [0.2, 0.25) is 0 Å². The van der Waals surface area contributed by atoms with Gasteiger partial charge >= 0.3 is 0 Å². The van der Waals surface area contributed by atoms with E-state index >= 15 is 0 Å². The molecule has 0 amide bonds. The van der Waals surface area contributed by atoms with Crippen LogP contribution in [0, 0.1) is 5.92 Å². The number of likely N-dealkylation sites (tertiary alicyclic amines) is 1. The lowest BCUT2D eigenvalue weighted by Gasteiger charge is -2.31. The Morgan fingerprint density at radius 1 is 1.39 bits per heavy atom. The van der Waals surface area contributed by atoms with E-state index in [1.54, 1.807) is 0 Å². The Morgan fingerprint density at radius 3 is 2.78 bits per heavy atom. The first kappa shape index (κ1) is 13.6. The molecule has 1 aliphatic rings. The molecule has 4 heteroatoms. The number of nitrogens with one attached hydrogen (secondary N) is 1. The summed E-state index contributed by atoms with van der Waals surface area (Å²) in [5.74, 6) is 0.877. The van der Waals surface area contributed by atoms with E-state index in [2.05, 4.69) is 28.4 Å². The zero-order chi connectivity index (χ0) is 12.8. The summed E-state index contributed by atoms with van der Waals surface area (Å²) in [5.41, 5.74) is 1.32. The number of aromatic nitrogens is 2. The molecule has 1 saturated heterocycles. The Morgan fingerprint density at radius 2 is 2.17 bits per heavy atom. The van der Waals surface area contributed by atoms with Gasteiger partial charge in [0.15, 0.2) is 0 Å². The van der Waals surface area contributed by atoms with Crippen LogP contribution in [0.2, 0.25) is 0 Å². The molecule has 0 aromatic carbocycles. The molecule has 2 heterocycles. The van der Waals surface area contributed by atoms with E-state index in [0.29, 0.717) is 0 Å². The molecule has 1 fully saturated rings. The third kappa shape index (κ3) is 4.10. The van der Waals surface area contributed by atoms with Crippen LogP contribution in [-0.2, 0) is 13.5 Å². The van der Waals surface area contributed by atoms with Crippen molar-refractivity contribution in [2.45, 2.75) is 26.2 Å². The zero-order valence-electron chi connectivity index (χ0n) is 11.7. The first-order valence-electron chi connectivity index (χ1n) is 7.18. The number of hydrogen-bond acceptors (Lipinski definition) is 3. The third-order valence-electron chi connectivity index (χ3n) is 3.94. The van der Waals surface area contributed by atoms with E-state index in [1.165, 1.54) is 44.6 Å². The molecule has 0 radical (unpaired) electrons. The van der Waals surface area contributed by atoms with Crippen LogP contribution in [0.3, 0.4) is 0 Å². The number of rotatable bonds is 6. The topological polar surface area (TPSA) is 33.1 Å². The van der Waals surface area contributed by atoms with Crippen molar-refractivity contribution in [1.29, 1.82) is 0 Å². The molecule has 1 aliphatic heterocycles. The van der Waals surface area contributed by atoms with Crippen molar-refractivity contribution in [3.63, 3.8) is 0 Å². The predicted octanol–water partition coefficient (Wildman–Crippen LogP) is 1.28. The van der Waals surface area contributed by atoms with Crippen molar-refractivity contribution in [2.75, 3.05) is 32.7 Å². The Kier molecular flexibility index (Phi) is 5.20. The molecule has 0 atom stereocenters. The van der Waals surface area contributed by atoms with Crippen molar-refractivity contribution in [3.8, 4) is 0 Å². The van der Waals surface area contributed by atoms with Gasteiger partial charge in [-0.25, -0.2) is 0 Å².